The summed E-state index contributed by atoms with van der Waals surface area (Å²) in [4.78, 5) is 30.0. The van der Waals surface area contributed by atoms with Crippen molar-refractivity contribution in [3.05, 3.63) is 101 Å². The van der Waals surface area contributed by atoms with Crippen LogP contribution in [0.25, 0.3) is 0 Å². The highest BCUT2D eigenvalue weighted by molar-refractivity contribution is 6.08. The molecule has 2 aromatic carbocycles. The quantitative estimate of drug-likeness (QED) is 0.271. The maximum absolute atomic E-state index is 13.9. The lowest BCUT2D eigenvalue weighted by molar-refractivity contribution is -0.137. The molecule has 0 atom stereocenters. The van der Waals surface area contributed by atoms with Crippen LogP contribution in [0.4, 0.5) is 40.6 Å². The van der Waals surface area contributed by atoms with E-state index in [4.69, 9.17) is 0 Å². The minimum atomic E-state index is -4.85. The van der Waals surface area contributed by atoms with Gasteiger partial charge in [-0.2, -0.15) is 18.3 Å². The lowest BCUT2D eigenvalue weighted by Gasteiger charge is -2.15. The Kier molecular flexibility index (Phi) is 7.33. The van der Waals surface area contributed by atoms with Gasteiger partial charge < -0.3 is 16.0 Å². The molecule has 0 aliphatic carbocycles. The Morgan fingerprint density at radius 1 is 0.842 bits per heavy atom. The third kappa shape index (κ3) is 6.27. The smallest absolute Gasteiger partial charge is 0.338 e. The predicted octanol–water partition coefficient (Wildman–Crippen LogP) is 5.89. The molecule has 8 nitrogen and oxygen atoms in total. The van der Waals surface area contributed by atoms with Gasteiger partial charge in [0.15, 0.2) is 11.6 Å². The van der Waals surface area contributed by atoms with Crippen LogP contribution in [0, 0.1) is 19.7 Å². The lowest BCUT2D eigenvalue weighted by atomic mass is 10.1. The zero-order valence-electron chi connectivity index (χ0n) is 20.0. The highest BCUT2D eigenvalue weighted by Crippen LogP contribution is 2.31. The third-order valence-electron chi connectivity index (χ3n) is 5.32. The molecule has 3 N–H and O–H groups in total. The van der Waals surface area contributed by atoms with Crippen molar-refractivity contribution in [2.75, 3.05) is 16.0 Å². The van der Waals surface area contributed by atoms with E-state index < -0.39 is 34.9 Å². The van der Waals surface area contributed by atoms with Gasteiger partial charge in [-0.25, -0.2) is 9.37 Å². The first-order valence-corrected chi connectivity index (χ1v) is 11.1. The molecule has 38 heavy (non-hydrogen) atoms. The zero-order chi connectivity index (χ0) is 27.4. The number of pyridine rings is 1. The maximum Gasteiger partial charge on any atom is 0.416 e. The molecule has 0 spiro atoms. The molecule has 4 aromatic rings. The van der Waals surface area contributed by atoms with Gasteiger partial charge in [0.05, 0.1) is 23.0 Å². The summed E-state index contributed by atoms with van der Waals surface area (Å²) in [5, 5.41) is 15.6. The minimum absolute atomic E-state index is 0.00848. The van der Waals surface area contributed by atoms with E-state index in [1.807, 2.05) is 19.1 Å². The molecule has 0 radical (unpaired) electrons. The van der Waals surface area contributed by atoms with Crippen LogP contribution < -0.4 is 16.0 Å². The fourth-order valence-corrected chi connectivity index (χ4v) is 3.42. The second-order valence-corrected chi connectivity index (χ2v) is 8.31. The van der Waals surface area contributed by atoms with Gasteiger partial charge in [-0.3, -0.25) is 9.59 Å². The molecule has 12 heteroatoms. The number of hydrogen-bond donors (Lipinski definition) is 3. The van der Waals surface area contributed by atoms with Gasteiger partial charge in [0.2, 0.25) is 0 Å². The topological polar surface area (TPSA) is 109 Å². The van der Waals surface area contributed by atoms with Crippen LogP contribution in [0.1, 0.15) is 37.4 Å². The Bertz CT molecular complexity index is 1520. The van der Waals surface area contributed by atoms with Crippen molar-refractivity contribution in [1.29, 1.82) is 0 Å². The highest BCUT2D eigenvalue weighted by atomic mass is 19.4. The average molecular weight is 524 g/mol. The number of amides is 2. The molecule has 2 heterocycles. The number of hydrogen-bond acceptors (Lipinski definition) is 6. The summed E-state index contributed by atoms with van der Waals surface area (Å²) in [6, 6.07) is 11.6. The lowest BCUT2D eigenvalue weighted by Crippen LogP contribution is -2.18. The van der Waals surface area contributed by atoms with E-state index in [2.05, 4.69) is 31.1 Å². The number of carbonyl (C=O) groups excluding carboxylic acids is 2. The third-order valence-corrected chi connectivity index (χ3v) is 5.32. The standard InChI is InChI=1S/C26H20F4N6O2/c1-14-7-22(36-32-12-14)35-25(38)17-10-21(23(31-13-17)33-20-6-4-3-5-15(20)2)34-24(37)16-8-18(26(28,29)30)11-19(27)9-16/h3-13H,1-2H3,(H,31,33)(H,34,37)(H,35,36,38). The summed E-state index contributed by atoms with van der Waals surface area (Å²) in [5.74, 6) is -2.60. The first-order valence-electron chi connectivity index (χ1n) is 11.1. The molecular formula is C26H20F4N6O2. The summed E-state index contributed by atoms with van der Waals surface area (Å²) in [6.45, 7) is 3.60. The number of para-hydroxylation sites is 1. The number of benzene rings is 2. The molecule has 0 unspecified atom stereocenters. The number of halogens is 4. The van der Waals surface area contributed by atoms with Crippen LogP contribution in [0.5, 0.6) is 0 Å². The van der Waals surface area contributed by atoms with E-state index in [0.717, 1.165) is 11.1 Å². The first kappa shape index (κ1) is 26.2. The second kappa shape index (κ2) is 10.6. The Hall–Kier alpha value is -4.87. The monoisotopic (exact) mass is 524 g/mol. The van der Waals surface area contributed by atoms with Gasteiger partial charge in [-0.05, 0) is 61.4 Å². The van der Waals surface area contributed by atoms with E-state index in [9.17, 15) is 27.2 Å². The maximum atomic E-state index is 13.9. The number of carbonyl (C=O) groups is 2. The largest absolute Gasteiger partial charge is 0.416 e. The van der Waals surface area contributed by atoms with Crippen molar-refractivity contribution in [2.24, 2.45) is 0 Å². The van der Waals surface area contributed by atoms with Gasteiger partial charge in [-0.15, -0.1) is 5.10 Å². The van der Waals surface area contributed by atoms with Gasteiger partial charge >= 0.3 is 6.18 Å². The number of alkyl halides is 3. The highest BCUT2D eigenvalue weighted by Gasteiger charge is 2.32. The van der Waals surface area contributed by atoms with Gasteiger partial charge in [0.25, 0.3) is 11.8 Å². The fraction of sp³-hybridized carbons (Fsp3) is 0.115. The van der Waals surface area contributed by atoms with Gasteiger partial charge in [0, 0.05) is 17.4 Å². The number of nitrogens with zero attached hydrogens (tertiary/aromatic N) is 3. The Labute approximate surface area is 214 Å². The molecule has 2 aromatic heterocycles. The zero-order valence-corrected chi connectivity index (χ0v) is 20.0. The SMILES string of the molecule is Cc1cnnc(NC(=O)c2cnc(Nc3ccccc3C)c(NC(=O)c3cc(F)cc(C(F)(F)F)c3)c2)c1. The Balaban J connectivity index is 1.69. The van der Waals surface area contributed by atoms with Crippen molar-refractivity contribution in [2.45, 2.75) is 20.0 Å². The molecule has 0 aliphatic rings. The molecule has 0 bridgehead atoms. The summed E-state index contributed by atoms with van der Waals surface area (Å²) in [5.41, 5.74) is 0.329. The molecular weight excluding hydrogens is 504 g/mol. The average Bonchev–Trinajstić information content (AvgIpc) is 2.85. The van der Waals surface area contributed by atoms with E-state index in [0.29, 0.717) is 23.9 Å². The van der Waals surface area contributed by atoms with E-state index in [1.165, 1.54) is 18.5 Å². The number of aryl methyl sites for hydroxylation is 2. The van der Waals surface area contributed by atoms with Crippen molar-refractivity contribution in [1.82, 2.24) is 15.2 Å². The van der Waals surface area contributed by atoms with Gasteiger partial charge in [0.1, 0.15) is 5.82 Å². The van der Waals surface area contributed by atoms with Crippen molar-refractivity contribution in [3.63, 3.8) is 0 Å². The van der Waals surface area contributed by atoms with E-state index in [1.54, 1.807) is 25.1 Å². The van der Waals surface area contributed by atoms with Crippen LogP contribution in [0.3, 0.4) is 0 Å². The number of aromatic nitrogens is 3. The first-order chi connectivity index (χ1) is 18.0. The Morgan fingerprint density at radius 3 is 2.29 bits per heavy atom. The summed E-state index contributed by atoms with van der Waals surface area (Å²) in [7, 11) is 0. The molecule has 0 saturated carbocycles. The normalized spacial score (nSPS) is 11.1. The van der Waals surface area contributed by atoms with E-state index >= 15 is 0 Å². The molecule has 4 rings (SSSR count). The van der Waals surface area contributed by atoms with Crippen LogP contribution in [0.2, 0.25) is 0 Å². The van der Waals surface area contributed by atoms with E-state index in [-0.39, 0.29) is 22.9 Å². The fourth-order valence-electron chi connectivity index (χ4n) is 3.42. The second-order valence-electron chi connectivity index (χ2n) is 8.31. The molecule has 0 aliphatic heterocycles. The van der Waals surface area contributed by atoms with Crippen LogP contribution in [-0.4, -0.2) is 27.0 Å². The minimum Gasteiger partial charge on any atom is -0.338 e. The number of rotatable bonds is 6. The summed E-state index contributed by atoms with van der Waals surface area (Å²) in [6.07, 6.45) is -2.10. The Morgan fingerprint density at radius 2 is 1.58 bits per heavy atom. The summed E-state index contributed by atoms with van der Waals surface area (Å²) < 4.78 is 53.4. The van der Waals surface area contributed by atoms with Crippen LogP contribution >= 0.6 is 0 Å². The van der Waals surface area contributed by atoms with Crippen molar-refractivity contribution < 1.29 is 27.2 Å². The summed E-state index contributed by atoms with van der Waals surface area (Å²) >= 11 is 0. The predicted molar refractivity (Wildman–Crippen MR) is 133 cm³/mol. The number of nitrogens with one attached hydrogen (secondary N) is 3. The van der Waals surface area contributed by atoms with Gasteiger partial charge in [-0.1, -0.05) is 18.2 Å². The molecule has 0 saturated heterocycles. The molecule has 2 amide bonds. The molecule has 194 valence electrons. The molecule has 0 fully saturated rings. The number of anilines is 4. The van der Waals surface area contributed by atoms with Crippen molar-refractivity contribution in [3.8, 4) is 0 Å². The van der Waals surface area contributed by atoms with Crippen LogP contribution in [0.15, 0.2) is 67.0 Å². The van der Waals surface area contributed by atoms with Crippen molar-refractivity contribution >= 4 is 34.8 Å². The van der Waals surface area contributed by atoms with Crippen LogP contribution in [-0.2, 0) is 6.18 Å².